The molecular formula is C25H18Br2N4O. The molecular weight excluding hydrogens is 532 g/mol. The van der Waals surface area contributed by atoms with Crippen molar-refractivity contribution in [1.82, 2.24) is 14.2 Å². The number of aryl methyl sites for hydroxylation is 1. The molecule has 0 unspecified atom stereocenters. The van der Waals surface area contributed by atoms with E-state index in [4.69, 9.17) is 0 Å². The molecule has 0 aliphatic heterocycles. The largest absolute Gasteiger partial charge is 0.342 e. The summed E-state index contributed by atoms with van der Waals surface area (Å²) in [6.07, 6.45) is 3.81. The van der Waals surface area contributed by atoms with Gasteiger partial charge in [-0.2, -0.15) is 9.78 Å². The molecule has 0 radical (unpaired) electrons. The molecule has 0 amide bonds. The van der Waals surface area contributed by atoms with Crippen LogP contribution in [0, 0.1) is 6.92 Å². The first-order valence-corrected chi connectivity index (χ1v) is 11.6. The van der Waals surface area contributed by atoms with Gasteiger partial charge in [-0.3, -0.25) is 4.79 Å². The molecule has 2 aromatic heterocycles. The highest BCUT2D eigenvalue weighted by molar-refractivity contribution is 9.10. The molecule has 3 aromatic carbocycles. The Labute approximate surface area is 201 Å². The van der Waals surface area contributed by atoms with E-state index in [1.165, 1.54) is 10.2 Å². The molecule has 0 aliphatic rings. The average Bonchev–Trinajstić information content (AvgIpc) is 3.13. The van der Waals surface area contributed by atoms with Gasteiger partial charge in [0, 0.05) is 38.2 Å². The number of halogens is 2. The lowest BCUT2D eigenvalue weighted by atomic mass is 10.2. The van der Waals surface area contributed by atoms with Crippen molar-refractivity contribution in [3.05, 3.63) is 109 Å². The zero-order chi connectivity index (χ0) is 22.2. The first kappa shape index (κ1) is 20.8. The van der Waals surface area contributed by atoms with E-state index in [1.54, 1.807) is 19.2 Å². The zero-order valence-electron chi connectivity index (χ0n) is 17.2. The summed E-state index contributed by atoms with van der Waals surface area (Å²) in [4.78, 5) is 17.6. The minimum Gasteiger partial charge on any atom is -0.342 e. The predicted octanol–water partition coefficient (Wildman–Crippen LogP) is 6.12. The summed E-state index contributed by atoms with van der Waals surface area (Å²) in [5.41, 5.74) is 3.73. The first-order valence-electron chi connectivity index (χ1n) is 10.1. The van der Waals surface area contributed by atoms with Crippen LogP contribution in [0.3, 0.4) is 0 Å². The van der Waals surface area contributed by atoms with Crippen molar-refractivity contribution in [3.63, 3.8) is 0 Å². The van der Waals surface area contributed by atoms with Crippen molar-refractivity contribution in [1.29, 1.82) is 0 Å². The summed E-state index contributed by atoms with van der Waals surface area (Å²) < 4.78 is 5.45. The fourth-order valence-corrected chi connectivity index (χ4v) is 4.44. The fraction of sp³-hybridized carbons (Fsp3) is 0.0800. The highest BCUT2D eigenvalue weighted by Gasteiger charge is 2.10. The number of benzene rings is 3. The minimum absolute atomic E-state index is 0.191. The van der Waals surface area contributed by atoms with Crippen LogP contribution in [0.15, 0.2) is 91.8 Å². The monoisotopic (exact) mass is 548 g/mol. The summed E-state index contributed by atoms with van der Waals surface area (Å²) >= 11 is 6.91. The van der Waals surface area contributed by atoms with Crippen LogP contribution in [0.4, 0.5) is 0 Å². The Hall–Kier alpha value is -3.03. The fourth-order valence-electron chi connectivity index (χ4n) is 3.81. The molecule has 0 saturated carbocycles. The third-order valence-corrected chi connectivity index (χ3v) is 6.39. The molecule has 32 heavy (non-hydrogen) atoms. The summed E-state index contributed by atoms with van der Waals surface area (Å²) in [5, 5.41) is 6.13. The highest BCUT2D eigenvalue weighted by Crippen LogP contribution is 2.22. The van der Waals surface area contributed by atoms with E-state index in [9.17, 15) is 4.79 Å². The van der Waals surface area contributed by atoms with E-state index in [-0.39, 0.29) is 5.56 Å². The number of aromatic nitrogens is 3. The molecule has 0 spiro atoms. The second-order valence-electron chi connectivity index (χ2n) is 7.54. The van der Waals surface area contributed by atoms with Gasteiger partial charge in [0.25, 0.3) is 5.56 Å². The van der Waals surface area contributed by atoms with Crippen LogP contribution in [0.25, 0.3) is 21.8 Å². The second-order valence-corrected chi connectivity index (χ2v) is 9.37. The van der Waals surface area contributed by atoms with Crippen LogP contribution in [0.2, 0.25) is 0 Å². The number of rotatable bonds is 4. The maximum Gasteiger partial charge on any atom is 0.282 e. The molecule has 0 fully saturated rings. The maximum atomic E-state index is 13.0. The Bertz CT molecular complexity index is 1550. The molecule has 0 saturated heterocycles. The van der Waals surface area contributed by atoms with Crippen LogP contribution in [0.1, 0.15) is 17.0 Å². The summed E-state index contributed by atoms with van der Waals surface area (Å²) in [5.74, 6) is 0.541. The number of hydrogen-bond donors (Lipinski definition) is 0. The predicted molar refractivity (Wildman–Crippen MR) is 137 cm³/mol. The van der Waals surface area contributed by atoms with Gasteiger partial charge >= 0.3 is 0 Å². The molecule has 5 rings (SSSR count). The summed E-state index contributed by atoms with van der Waals surface area (Å²) in [7, 11) is 0. The third-order valence-electron chi connectivity index (χ3n) is 5.37. The van der Waals surface area contributed by atoms with Gasteiger partial charge < -0.3 is 4.57 Å². The van der Waals surface area contributed by atoms with E-state index in [0.717, 1.165) is 32.0 Å². The zero-order valence-corrected chi connectivity index (χ0v) is 20.3. The van der Waals surface area contributed by atoms with Gasteiger partial charge in [-0.05, 0) is 48.9 Å². The van der Waals surface area contributed by atoms with Crippen LogP contribution in [-0.4, -0.2) is 20.4 Å². The van der Waals surface area contributed by atoms with Crippen molar-refractivity contribution in [2.75, 3.05) is 0 Å². The van der Waals surface area contributed by atoms with Gasteiger partial charge in [-0.25, -0.2) is 4.98 Å². The molecule has 5 nitrogen and oxygen atoms in total. The van der Waals surface area contributed by atoms with Gasteiger partial charge in [0.2, 0.25) is 0 Å². The molecule has 0 bridgehead atoms. The van der Waals surface area contributed by atoms with Crippen molar-refractivity contribution < 1.29 is 0 Å². The number of fused-ring (bicyclic) bond motifs is 2. The summed E-state index contributed by atoms with van der Waals surface area (Å²) in [6.45, 7) is 2.53. The van der Waals surface area contributed by atoms with Gasteiger partial charge in [0.15, 0.2) is 0 Å². The Kier molecular flexibility index (Phi) is 5.53. The standard InChI is InChI=1S/C25H18Br2N4O/c1-16-29-23-11-10-20(27)12-22(23)25(32)31(16)28-13-18-15-30(24-5-3-2-4-21(18)24)14-17-6-8-19(26)9-7-17/h2-13,15H,14H2,1H3. The number of para-hydroxylation sites is 1. The normalized spacial score (nSPS) is 11.7. The molecule has 7 heteroatoms. The average molecular weight is 550 g/mol. The van der Waals surface area contributed by atoms with E-state index < -0.39 is 0 Å². The van der Waals surface area contributed by atoms with E-state index >= 15 is 0 Å². The van der Waals surface area contributed by atoms with E-state index in [2.05, 4.69) is 77.0 Å². The van der Waals surface area contributed by atoms with Crippen molar-refractivity contribution >= 4 is 59.9 Å². The van der Waals surface area contributed by atoms with Crippen LogP contribution in [-0.2, 0) is 6.54 Å². The van der Waals surface area contributed by atoms with Gasteiger partial charge in [0.05, 0.1) is 17.1 Å². The van der Waals surface area contributed by atoms with Gasteiger partial charge in [-0.1, -0.05) is 62.2 Å². The lowest BCUT2D eigenvalue weighted by Gasteiger charge is -2.05. The lowest BCUT2D eigenvalue weighted by molar-refractivity contribution is 0.770. The minimum atomic E-state index is -0.191. The maximum absolute atomic E-state index is 13.0. The van der Waals surface area contributed by atoms with E-state index in [0.29, 0.717) is 16.7 Å². The third kappa shape index (κ3) is 3.94. The van der Waals surface area contributed by atoms with Crippen LogP contribution < -0.4 is 5.56 Å². The quantitative estimate of drug-likeness (QED) is 0.254. The van der Waals surface area contributed by atoms with Gasteiger partial charge in [0.1, 0.15) is 5.82 Å². The molecule has 0 atom stereocenters. The Morgan fingerprint density at radius 2 is 1.72 bits per heavy atom. The molecule has 0 aliphatic carbocycles. The lowest BCUT2D eigenvalue weighted by Crippen LogP contribution is -2.20. The first-order chi connectivity index (χ1) is 15.5. The number of nitrogens with zero attached hydrogens (tertiary/aromatic N) is 4. The molecule has 5 aromatic rings. The topological polar surface area (TPSA) is 52.2 Å². The van der Waals surface area contributed by atoms with Crippen LogP contribution in [0.5, 0.6) is 0 Å². The van der Waals surface area contributed by atoms with Crippen molar-refractivity contribution in [2.24, 2.45) is 5.10 Å². The van der Waals surface area contributed by atoms with Crippen LogP contribution >= 0.6 is 31.9 Å². The number of hydrogen-bond acceptors (Lipinski definition) is 3. The SMILES string of the molecule is Cc1nc2ccc(Br)cc2c(=O)n1N=Cc1cn(Cc2ccc(Br)cc2)c2ccccc12. The molecule has 0 N–H and O–H groups in total. The summed E-state index contributed by atoms with van der Waals surface area (Å²) in [6, 6.07) is 22.0. The molecule has 2 heterocycles. The second kappa shape index (κ2) is 8.48. The molecule has 158 valence electrons. The van der Waals surface area contributed by atoms with Crippen molar-refractivity contribution in [3.8, 4) is 0 Å². The Morgan fingerprint density at radius 3 is 2.53 bits per heavy atom. The Balaban J connectivity index is 1.57. The smallest absolute Gasteiger partial charge is 0.282 e. The van der Waals surface area contributed by atoms with Crippen molar-refractivity contribution in [2.45, 2.75) is 13.5 Å². The Morgan fingerprint density at radius 1 is 0.969 bits per heavy atom. The highest BCUT2D eigenvalue weighted by atomic mass is 79.9. The van der Waals surface area contributed by atoms with E-state index in [1.807, 2.05) is 36.4 Å². The van der Waals surface area contributed by atoms with Gasteiger partial charge in [-0.15, -0.1) is 0 Å².